The fraction of sp³-hybridized carbons (Fsp3) is 0.368. The molecule has 0 saturated carbocycles. The summed E-state index contributed by atoms with van der Waals surface area (Å²) in [6.07, 6.45) is 5.34. The van der Waals surface area contributed by atoms with Crippen LogP contribution < -0.4 is 5.32 Å². The Bertz CT molecular complexity index is 661. The lowest BCUT2D eigenvalue weighted by atomic mass is 9.95. The maximum absolute atomic E-state index is 12.3. The number of amides is 1. The Hall–Kier alpha value is -1.85. The van der Waals surface area contributed by atoms with Gasteiger partial charge in [0.05, 0.1) is 11.8 Å². The molecule has 0 bridgehead atoms. The molecule has 1 aliphatic heterocycles. The highest BCUT2D eigenvalue weighted by molar-refractivity contribution is 8.00. The van der Waals surface area contributed by atoms with Gasteiger partial charge in [-0.1, -0.05) is 29.8 Å². The molecule has 126 valence electrons. The third kappa shape index (κ3) is 4.58. The summed E-state index contributed by atoms with van der Waals surface area (Å²) in [7, 11) is 0. The first-order valence-corrected chi connectivity index (χ1v) is 9.21. The van der Waals surface area contributed by atoms with Crippen molar-refractivity contribution in [1.82, 2.24) is 10.3 Å². The summed E-state index contributed by atoms with van der Waals surface area (Å²) in [5.74, 6) is 0.450. The summed E-state index contributed by atoms with van der Waals surface area (Å²) in [4.78, 5) is 17.3. The van der Waals surface area contributed by atoms with Gasteiger partial charge in [0, 0.05) is 23.9 Å². The molecule has 0 unspecified atom stereocenters. The molecule has 1 fully saturated rings. The van der Waals surface area contributed by atoms with Gasteiger partial charge in [-0.05, 0) is 37.5 Å². The quantitative estimate of drug-likeness (QED) is 0.845. The van der Waals surface area contributed by atoms with Crippen LogP contribution in [0.4, 0.5) is 0 Å². The molecule has 2 atom stereocenters. The number of rotatable bonds is 5. The van der Waals surface area contributed by atoms with Crippen molar-refractivity contribution >= 4 is 17.7 Å². The highest BCUT2D eigenvalue weighted by atomic mass is 32.2. The summed E-state index contributed by atoms with van der Waals surface area (Å²) in [6, 6.07) is 12.2. The second-order valence-corrected chi connectivity index (χ2v) is 7.04. The van der Waals surface area contributed by atoms with Crippen LogP contribution in [-0.2, 0) is 9.53 Å². The number of aromatic nitrogens is 1. The van der Waals surface area contributed by atoms with Crippen molar-refractivity contribution in [3.05, 3.63) is 59.9 Å². The average molecular weight is 342 g/mol. The van der Waals surface area contributed by atoms with Crippen molar-refractivity contribution < 1.29 is 9.53 Å². The smallest absolute Gasteiger partial charge is 0.230 e. The molecule has 4 nitrogen and oxygen atoms in total. The fourth-order valence-electron chi connectivity index (χ4n) is 2.85. The normalized spacial score (nSPS) is 20.5. The van der Waals surface area contributed by atoms with Gasteiger partial charge >= 0.3 is 0 Å². The van der Waals surface area contributed by atoms with Crippen molar-refractivity contribution in [2.24, 2.45) is 0 Å². The molecule has 0 radical (unpaired) electrons. The maximum atomic E-state index is 12.3. The molecule has 24 heavy (non-hydrogen) atoms. The number of nitrogens with zero attached hydrogens (tertiary/aromatic N) is 1. The maximum Gasteiger partial charge on any atom is 0.230 e. The largest absolute Gasteiger partial charge is 0.371 e. The first kappa shape index (κ1) is 17.0. The number of carbonyl (C=O) groups is 1. The molecule has 3 rings (SSSR count). The van der Waals surface area contributed by atoms with Crippen molar-refractivity contribution in [1.29, 1.82) is 0 Å². The number of hydrogen-bond acceptors (Lipinski definition) is 4. The zero-order valence-electron chi connectivity index (χ0n) is 13.8. The third-order valence-corrected chi connectivity index (χ3v) is 5.11. The average Bonchev–Trinajstić information content (AvgIpc) is 2.62. The van der Waals surface area contributed by atoms with Gasteiger partial charge < -0.3 is 10.1 Å². The second-order valence-electron chi connectivity index (χ2n) is 5.99. The number of ether oxygens (including phenoxy) is 1. The highest BCUT2D eigenvalue weighted by Crippen LogP contribution is 2.29. The highest BCUT2D eigenvalue weighted by Gasteiger charge is 2.28. The Balaban J connectivity index is 1.59. The minimum Gasteiger partial charge on any atom is -0.371 e. The van der Waals surface area contributed by atoms with E-state index in [1.54, 1.807) is 12.4 Å². The second kappa shape index (κ2) is 8.31. The Labute approximate surface area is 147 Å². The van der Waals surface area contributed by atoms with Gasteiger partial charge in [0.2, 0.25) is 5.91 Å². The number of pyridine rings is 1. The lowest BCUT2D eigenvalue weighted by molar-refractivity contribution is -0.121. The van der Waals surface area contributed by atoms with Gasteiger partial charge in [-0.15, -0.1) is 11.8 Å². The van der Waals surface area contributed by atoms with E-state index in [1.807, 2.05) is 12.1 Å². The number of nitrogens with one attached hydrogen (secondary N) is 1. The number of aryl methyl sites for hydroxylation is 1. The molecule has 1 N–H and O–H groups in total. The van der Waals surface area contributed by atoms with E-state index in [1.165, 1.54) is 17.3 Å². The van der Waals surface area contributed by atoms with Gasteiger partial charge in [0.25, 0.3) is 0 Å². The first-order chi connectivity index (χ1) is 11.7. The van der Waals surface area contributed by atoms with E-state index in [9.17, 15) is 4.79 Å². The molecule has 1 aromatic heterocycles. The van der Waals surface area contributed by atoms with Gasteiger partial charge in [0.15, 0.2) is 0 Å². The fourth-order valence-corrected chi connectivity index (χ4v) is 3.54. The van der Waals surface area contributed by atoms with Crippen molar-refractivity contribution in [3.8, 4) is 0 Å². The van der Waals surface area contributed by atoms with Crippen LogP contribution in [0, 0.1) is 6.92 Å². The van der Waals surface area contributed by atoms with Crippen LogP contribution in [0.15, 0.2) is 53.7 Å². The van der Waals surface area contributed by atoms with Crippen molar-refractivity contribution in [2.75, 3.05) is 12.4 Å². The lowest BCUT2D eigenvalue weighted by Gasteiger charge is -2.32. The molecule has 1 saturated heterocycles. The third-order valence-electron chi connectivity index (χ3n) is 4.09. The number of thioether (sulfide) groups is 1. The molecule has 0 aliphatic carbocycles. The monoisotopic (exact) mass is 342 g/mol. The van der Waals surface area contributed by atoms with Crippen LogP contribution in [0.2, 0.25) is 0 Å². The SMILES string of the molecule is Cc1ccc([C@@H]2OCCC[C@@H]2NC(=O)CSc2ccncc2)cc1. The molecular formula is C19H22N2O2S. The van der Waals surface area contributed by atoms with Gasteiger partial charge in [0.1, 0.15) is 6.10 Å². The van der Waals surface area contributed by atoms with E-state index < -0.39 is 0 Å². The van der Waals surface area contributed by atoms with E-state index >= 15 is 0 Å². The Morgan fingerprint density at radius 1 is 1.25 bits per heavy atom. The number of carbonyl (C=O) groups excluding carboxylic acids is 1. The minimum absolute atomic E-state index is 0.0343. The van der Waals surface area contributed by atoms with Crippen LogP contribution in [0.3, 0.4) is 0 Å². The summed E-state index contributed by atoms with van der Waals surface area (Å²) in [5, 5.41) is 3.15. The number of hydrogen-bond donors (Lipinski definition) is 1. The van der Waals surface area contributed by atoms with Gasteiger partial charge in [-0.3, -0.25) is 9.78 Å². The van der Waals surface area contributed by atoms with E-state index in [0.29, 0.717) is 5.75 Å². The zero-order valence-corrected chi connectivity index (χ0v) is 14.6. The molecule has 0 spiro atoms. The Kier molecular flexibility index (Phi) is 5.88. The number of benzene rings is 1. The molecular weight excluding hydrogens is 320 g/mol. The van der Waals surface area contributed by atoms with Crippen LogP contribution >= 0.6 is 11.8 Å². The molecule has 5 heteroatoms. The summed E-state index contributed by atoms with van der Waals surface area (Å²) in [6.45, 7) is 2.82. The Morgan fingerprint density at radius 2 is 2.00 bits per heavy atom. The predicted octanol–water partition coefficient (Wildman–Crippen LogP) is 3.52. The minimum atomic E-state index is -0.0609. The first-order valence-electron chi connectivity index (χ1n) is 8.23. The molecule has 1 aliphatic rings. The van der Waals surface area contributed by atoms with E-state index in [2.05, 4.69) is 41.5 Å². The van der Waals surface area contributed by atoms with E-state index in [-0.39, 0.29) is 18.1 Å². The molecule has 2 heterocycles. The summed E-state index contributed by atoms with van der Waals surface area (Å²) >= 11 is 1.52. The summed E-state index contributed by atoms with van der Waals surface area (Å²) in [5.41, 5.74) is 2.36. The molecule has 2 aromatic rings. The predicted molar refractivity (Wildman–Crippen MR) is 96.0 cm³/mol. The lowest BCUT2D eigenvalue weighted by Crippen LogP contribution is -2.43. The summed E-state index contributed by atoms with van der Waals surface area (Å²) < 4.78 is 5.95. The van der Waals surface area contributed by atoms with Crippen molar-refractivity contribution in [2.45, 2.75) is 36.8 Å². The van der Waals surface area contributed by atoms with Gasteiger partial charge in [-0.25, -0.2) is 0 Å². The van der Waals surface area contributed by atoms with E-state index in [4.69, 9.17) is 4.74 Å². The van der Waals surface area contributed by atoms with Crippen LogP contribution in [0.1, 0.15) is 30.1 Å². The standard InChI is InChI=1S/C19H22N2O2S/c1-14-4-6-15(7-5-14)19-17(3-2-12-23-19)21-18(22)13-24-16-8-10-20-11-9-16/h4-11,17,19H,2-3,12-13H2,1H3,(H,21,22)/t17-,19-/m0/s1. The van der Waals surface area contributed by atoms with Crippen LogP contribution in [0.5, 0.6) is 0 Å². The Morgan fingerprint density at radius 3 is 2.75 bits per heavy atom. The molecule has 1 aromatic carbocycles. The zero-order chi connectivity index (χ0) is 16.8. The van der Waals surface area contributed by atoms with E-state index in [0.717, 1.165) is 29.9 Å². The van der Waals surface area contributed by atoms with Crippen LogP contribution in [-0.4, -0.2) is 29.3 Å². The van der Waals surface area contributed by atoms with Gasteiger partial charge in [-0.2, -0.15) is 0 Å². The van der Waals surface area contributed by atoms with Crippen molar-refractivity contribution in [3.63, 3.8) is 0 Å². The topological polar surface area (TPSA) is 51.2 Å². The molecule has 1 amide bonds. The van der Waals surface area contributed by atoms with Crippen LogP contribution in [0.25, 0.3) is 0 Å².